The summed E-state index contributed by atoms with van der Waals surface area (Å²) in [5.41, 5.74) is 0.808. The Morgan fingerprint density at radius 2 is 1.79 bits per heavy atom. The molecule has 0 aliphatic heterocycles. The van der Waals surface area contributed by atoms with Gasteiger partial charge in [0.25, 0.3) is 11.2 Å². The quantitative estimate of drug-likeness (QED) is 0.147. The summed E-state index contributed by atoms with van der Waals surface area (Å²) in [7, 11) is 0. The van der Waals surface area contributed by atoms with Crippen LogP contribution in [0.5, 0.6) is 5.75 Å². The van der Waals surface area contributed by atoms with Crippen LogP contribution in [0.25, 0.3) is 10.9 Å². The minimum Gasteiger partial charge on any atom is -0.422 e. The number of fused-ring (bicyclic) bond motifs is 1. The number of benzene rings is 3. The molecule has 1 aromatic heterocycles. The lowest BCUT2D eigenvalue weighted by Gasteiger charge is -2.09. The number of para-hydroxylation sites is 2. The smallest absolute Gasteiger partial charge is 0.343 e. The Labute approximate surface area is 187 Å². The highest BCUT2D eigenvalue weighted by Gasteiger charge is 2.14. The fourth-order valence-electron chi connectivity index (χ4n) is 3.20. The molecule has 0 radical (unpaired) electrons. The highest BCUT2D eigenvalue weighted by molar-refractivity contribution is 5.93. The Bertz CT molecular complexity index is 1440. The van der Waals surface area contributed by atoms with E-state index in [1.165, 1.54) is 35.2 Å². The first-order valence-electron chi connectivity index (χ1n) is 10.1. The van der Waals surface area contributed by atoms with E-state index in [4.69, 9.17) is 4.74 Å². The summed E-state index contributed by atoms with van der Waals surface area (Å²) < 4.78 is 6.71. The number of aryl methyl sites for hydroxylation is 1. The minimum absolute atomic E-state index is 0.125. The Kier molecular flexibility index (Phi) is 6.03. The summed E-state index contributed by atoms with van der Waals surface area (Å²) in [6.45, 7) is 1.88. The first-order valence-corrected chi connectivity index (χ1v) is 10.1. The molecule has 0 fully saturated rings. The molecule has 0 bridgehead atoms. The Morgan fingerprint density at radius 3 is 2.52 bits per heavy atom. The van der Waals surface area contributed by atoms with Crippen LogP contribution in [0.15, 0.2) is 82.7 Å². The third kappa shape index (κ3) is 4.52. The number of aromatic nitrogens is 2. The summed E-state index contributed by atoms with van der Waals surface area (Å²) in [5, 5.41) is 15.6. The van der Waals surface area contributed by atoms with Gasteiger partial charge in [0.1, 0.15) is 11.6 Å². The summed E-state index contributed by atoms with van der Waals surface area (Å²) in [4.78, 5) is 40.2. The van der Waals surface area contributed by atoms with Crippen LogP contribution >= 0.6 is 0 Å². The lowest BCUT2D eigenvalue weighted by molar-refractivity contribution is -0.384. The van der Waals surface area contributed by atoms with Gasteiger partial charge in [-0.25, -0.2) is 9.78 Å². The monoisotopic (exact) mass is 442 g/mol. The number of nitro benzene ring substituents is 1. The van der Waals surface area contributed by atoms with Crippen LogP contribution in [0.2, 0.25) is 0 Å². The minimum atomic E-state index is -0.676. The van der Waals surface area contributed by atoms with Crippen LogP contribution in [0, 0.1) is 10.1 Å². The second kappa shape index (κ2) is 9.23. The van der Waals surface area contributed by atoms with Gasteiger partial charge in [-0.15, -0.1) is 0 Å². The number of hydrogen-bond acceptors (Lipinski definition) is 7. The van der Waals surface area contributed by atoms with Gasteiger partial charge in [0, 0.05) is 24.1 Å². The van der Waals surface area contributed by atoms with Crippen molar-refractivity contribution in [2.24, 2.45) is 5.10 Å². The Hall–Kier alpha value is -4.66. The molecule has 0 saturated carbocycles. The van der Waals surface area contributed by atoms with Crippen molar-refractivity contribution in [1.29, 1.82) is 0 Å². The van der Waals surface area contributed by atoms with Gasteiger partial charge in [0.15, 0.2) is 0 Å². The van der Waals surface area contributed by atoms with E-state index in [1.807, 2.05) is 13.0 Å². The summed E-state index contributed by atoms with van der Waals surface area (Å²) in [5.74, 6) is 0.0456. The van der Waals surface area contributed by atoms with Gasteiger partial charge < -0.3 is 4.74 Å². The molecule has 33 heavy (non-hydrogen) atoms. The second-order valence-corrected chi connectivity index (χ2v) is 6.99. The molecule has 9 heteroatoms. The molecule has 0 aliphatic carbocycles. The zero-order valence-corrected chi connectivity index (χ0v) is 17.5. The summed E-state index contributed by atoms with van der Waals surface area (Å²) in [6.07, 6.45) is 1.92. The fourth-order valence-corrected chi connectivity index (χ4v) is 3.20. The SMILES string of the molecule is CCc1nc2ccccc2c(=O)n1N=Cc1ccccc1OC(=O)c1ccc([N+](=O)[O-])cc1. The highest BCUT2D eigenvalue weighted by Crippen LogP contribution is 2.19. The number of hydrogen-bond donors (Lipinski definition) is 0. The molecule has 0 saturated heterocycles. The maximum atomic E-state index is 12.9. The lowest BCUT2D eigenvalue weighted by atomic mass is 10.2. The standard InChI is InChI=1S/C24H18N4O5/c1-2-22-26-20-9-5-4-8-19(20)23(29)27(22)25-15-17-7-3-6-10-21(17)33-24(30)16-11-13-18(14-12-16)28(31)32/h3-15H,2H2,1H3. The van der Waals surface area contributed by atoms with Crippen molar-refractivity contribution in [2.75, 3.05) is 0 Å². The zero-order valence-electron chi connectivity index (χ0n) is 17.5. The Morgan fingerprint density at radius 1 is 1.09 bits per heavy atom. The normalized spacial score (nSPS) is 11.1. The lowest BCUT2D eigenvalue weighted by Crippen LogP contribution is -2.22. The molecular formula is C24H18N4O5. The molecule has 164 valence electrons. The Balaban J connectivity index is 1.64. The van der Waals surface area contributed by atoms with Crippen molar-refractivity contribution < 1.29 is 14.5 Å². The highest BCUT2D eigenvalue weighted by atomic mass is 16.6. The van der Waals surface area contributed by atoms with E-state index < -0.39 is 10.9 Å². The molecule has 4 aromatic rings. The zero-order chi connectivity index (χ0) is 23.4. The average molecular weight is 442 g/mol. The van der Waals surface area contributed by atoms with Gasteiger partial charge in [-0.2, -0.15) is 9.78 Å². The molecule has 4 rings (SSSR count). The first kappa shape index (κ1) is 21.6. The van der Waals surface area contributed by atoms with E-state index in [0.29, 0.717) is 28.7 Å². The van der Waals surface area contributed by atoms with Crippen LogP contribution in [-0.2, 0) is 6.42 Å². The topological polar surface area (TPSA) is 117 Å². The van der Waals surface area contributed by atoms with Gasteiger partial charge in [0.2, 0.25) is 0 Å². The first-order chi connectivity index (χ1) is 16.0. The van der Waals surface area contributed by atoms with E-state index in [-0.39, 0.29) is 22.6 Å². The third-order valence-corrected chi connectivity index (χ3v) is 4.88. The molecule has 1 heterocycles. The molecule has 0 N–H and O–H groups in total. The predicted octanol–water partition coefficient (Wildman–Crippen LogP) is 3.97. The van der Waals surface area contributed by atoms with Gasteiger partial charge in [-0.1, -0.05) is 31.2 Å². The molecule has 0 spiro atoms. The van der Waals surface area contributed by atoms with E-state index in [2.05, 4.69) is 10.1 Å². The fraction of sp³-hybridized carbons (Fsp3) is 0.0833. The summed E-state index contributed by atoms with van der Waals surface area (Å²) >= 11 is 0. The van der Waals surface area contributed by atoms with Crippen molar-refractivity contribution in [2.45, 2.75) is 13.3 Å². The van der Waals surface area contributed by atoms with Crippen molar-refractivity contribution in [3.63, 3.8) is 0 Å². The van der Waals surface area contributed by atoms with Crippen molar-refractivity contribution >= 4 is 28.8 Å². The van der Waals surface area contributed by atoms with Crippen LogP contribution in [0.4, 0.5) is 5.69 Å². The number of carbonyl (C=O) groups is 1. The second-order valence-electron chi connectivity index (χ2n) is 6.99. The molecule has 0 aliphatic rings. The van der Waals surface area contributed by atoms with Gasteiger partial charge in [0.05, 0.1) is 27.6 Å². The van der Waals surface area contributed by atoms with E-state index >= 15 is 0 Å². The molecule has 9 nitrogen and oxygen atoms in total. The molecule has 3 aromatic carbocycles. The van der Waals surface area contributed by atoms with Crippen molar-refractivity contribution in [1.82, 2.24) is 9.66 Å². The number of nitrogens with zero attached hydrogens (tertiary/aromatic N) is 4. The maximum absolute atomic E-state index is 12.9. The molecular weight excluding hydrogens is 424 g/mol. The van der Waals surface area contributed by atoms with E-state index in [9.17, 15) is 19.7 Å². The average Bonchev–Trinajstić information content (AvgIpc) is 2.84. The predicted molar refractivity (Wildman–Crippen MR) is 123 cm³/mol. The van der Waals surface area contributed by atoms with Gasteiger partial charge in [-0.3, -0.25) is 14.9 Å². The van der Waals surface area contributed by atoms with Crippen LogP contribution in [0.3, 0.4) is 0 Å². The molecule has 0 atom stereocenters. The number of ether oxygens (including phenoxy) is 1. The third-order valence-electron chi connectivity index (χ3n) is 4.88. The van der Waals surface area contributed by atoms with E-state index in [1.54, 1.807) is 42.5 Å². The molecule has 0 amide bonds. The maximum Gasteiger partial charge on any atom is 0.343 e. The van der Waals surface area contributed by atoms with Crippen LogP contribution < -0.4 is 10.3 Å². The number of rotatable bonds is 6. The van der Waals surface area contributed by atoms with Crippen LogP contribution in [-0.4, -0.2) is 26.8 Å². The largest absolute Gasteiger partial charge is 0.422 e. The van der Waals surface area contributed by atoms with Crippen molar-refractivity contribution in [3.8, 4) is 5.75 Å². The number of carbonyl (C=O) groups excluding carboxylic acids is 1. The van der Waals surface area contributed by atoms with E-state index in [0.717, 1.165) is 0 Å². The van der Waals surface area contributed by atoms with Crippen molar-refractivity contribution in [3.05, 3.63) is 110 Å². The number of nitro groups is 1. The summed E-state index contributed by atoms with van der Waals surface area (Å²) in [6, 6.07) is 18.9. The molecule has 0 unspecified atom stereocenters. The number of esters is 1. The van der Waals surface area contributed by atoms with Crippen LogP contribution in [0.1, 0.15) is 28.7 Å². The van der Waals surface area contributed by atoms with Gasteiger partial charge >= 0.3 is 5.97 Å². The number of non-ortho nitro benzene ring substituents is 1. The van der Waals surface area contributed by atoms with Gasteiger partial charge in [-0.05, 0) is 36.4 Å².